The summed E-state index contributed by atoms with van der Waals surface area (Å²) in [7, 11) is -4.69. The Kier molecular flexibility index (Phi) is 37.8. The molecule has 5 atom stereocenters. The molecule has 0 fully saturated rings. The van der Waals surface area contributed by atoms with Crippen LogP contribution in [0.5, 0.6) is 0 Å². The molecule has 0 saturated carbocycles. The third kappa shape index (κ3) is 37.8. The summed E-state index contributed by atoms with van der Waals surface area (Å²) < 4.78 is 32.5. The first-order chi connectivity index (χ1) is 27.5. The maximum absolute atomic E-state index is 12.6. The van der Waals surface area contributed by atoms with Crippen molar-refractivity contribution in [1.29, 1.82) is 0 Å². The number of rotatable bonds is 40. The fraction of sp³-hybridized carbons (Fsp3) is 0.773. The maximum atomic E-state index is 12.6. The molecule has 13 heteroatoms. The van der Waals surface area contributed by atoms with Gasteiger partial charge in [-0.05, 0) is 77.0 Å². The lowest BCUT2D eigenvalue weighted by Gasteiger charge is -2.20. The lowest BCUT2D eigenvalue weighted by atomic mass is 10.0. The number of unbranched alkanes of at least 4 members (excludes halogenated alkanes) is 14. The highest BCUT2D eigenvalue weighted by molar-refractivity contribution is 7.47. The number of phosphoric ester groups is 1. The van der Waals surface area contributed by atoms with Crippen LogP contribution in [0.2, 0.25) is 0 Å². The van der Waals surface area contributed by atoms with Gasteiger partial charge in [0.05, 0.1) is 32.0 Å². The molecular formula is C44H79O12P. The van der Waals surface area contributed by atoms with E-state index in [2.05, 4.69) is 54.8 Å². The quantitative estimate of drug-likeness (QED) is 0.0171. The third-order valence-electron chi connectivity index (χ3n) is 9.16. The Morgan fingerprint density at radius 1 is 0.579 bits per heavy atom. The average Bonchev–Trinajstić information content (AvgIpc) is 3.19. The Hall–Kier alpha value is -2.15. The number of aliphatic hydroxyl groups excluding tert-OH is 4. The molecule has 0 amide bonds. The van der Waals surface area contributed by atoms with Crippen LogP contribution in [0.4, 0.5) is 0 Å². The van der Waals surface area contributed by atoms with Crippen LogP contribution in [0.25, 0.3) is 0 Å². The van der Waals surface area contributed by atoms with Crippen molar-refractivity contribution < 1.29 is 58.0 Å². The Balaban J connectivity index is 4.55. The molecule has 3 unspecified atom stereocenters. The molecule has 0 aromatic carbocycles. The van der Waals surface area contributed by atoms with E-state index in [9.17, 15) is 34.4 Å². The molecule has 0 bridgehead atoms. The zero-order valence-electron chi connectivity index (χ0n) is 35.3. The van der Waals surface area contributed by atoms with Gasteiger partial charge in [0, 0.05) is 12.8 Å². The van der Waals surface area contributed by atoms with Crippen molar-refractivity contribution in [2.24, 2.45) is 0 Å². The van der Waals surface area contributed by atoms with Crippen LogP contribution in [-0.2, 0) is 32.7 Å². The smallest absolute Gasteiger partial charge is 0.462 e. The molecule has 0 aromatic rings. The number of esters is 2. The third-order valence-corrected chi connectivity index (χ3v) is 10.1. The minimum absolute atomic E-state index is 0.0739. The average molecular weight is 831 g/mol. The monoisotopic (exact) mass is 831 g/mol. The summed E-state index contributed by atoms with van der Waals surface area (Å²) in [5.41, 5.74) is 0. The zero-order valence-corrected chi connectivity index (χ0v) is 36.2. The predicted octanol–water partition coefficient (Wildman–Crippen LogP) is 9.28. The molecule has 0 aromatic heterocycles. The van der Waals surface area contributed by atoms with Crippen LogP contribution >= 0.6 is 7.82 Å². The van der Waals surface area contributed by atoms with Crippen LogP contribution in [-0.4, -0.2) is 88.1 Å². The second kappa shape index (κ2) is 39.3. The highest BCUT2D eigenvalue weighted by Crippen LogP contribution is 2.43. The fourth-order valence-electron chi connectivity index (χ4n) is 5.62. The number of carbonyl (C=O) groups is 2. The number of phosphoric acid groups is 1. The minimum atomic E-state index is -4.69. The van der Waals surface area contributed by atoms with Crippen molar-refractivity contribution in [3.63, 3.8) is 0 Å². The van der Waals surface area contributed by atoms with E-state index in [0.29, 0.717) is 6.42 Å². The van der Waals surface area contributed by atoms with Gasteiger partial charge in [0.25, 0.3) is 0 Å². The SMILES string of the molecule is CCCCC/C=C\C/C=C\C/C=C\CC(O)C(O)CCCC(=O)OC[C@H](COP(=O)(O)OC[C@@H](O)CO)OC(=O)CCCCCCCCC/C=C\CCCCCC. The number of aliphatic hydroxyl groups is 4. The van der Waals surface area contributed by atoms with Crippen molar-refractivity contribution in [2.75, 3.05) is 26.4 Å². The van der Waals surface area contributed by atoms with Crippen molar-refractivity contribution in [3.8, 4) is 0 Å². The highest BCUT2D eigenvalue weighted by Gasteiger charge is 2.27. The summed E-state index contributed by atoms with van der Waals surface area (Å²) in [6.07, 6.45) is 33.9. The number of carbonyl (C=O) groups excluding carboxylic acids is 2. The first-order valence-electron chi connectivity index (χ1n) is 21.8. The largest absolute Gasteiger partial charge is 0.472 e. The lowest BCUT2D eigenvalue weighted by Crippen LogP contribution is -2.30. The van der Waals surface area contributed by atoms with Crippen LogP contribution in [0, 0.1) is 0 Å². The molecule has 0 aliphatic rings. The Morgan fingerprint density at radius 3 is 1.70 bits per heavy atom. The number of allylic oxidation sites excluding steroid dienone is 7. The van der Waals surface area contributed by atoms with Gasteiger partial charge in [0.15, 0.2) is 6.10 Å². The first-order valence-corrected chi connectivity index (χ1v) is 23.3. The fourth-order valence-corrected chi connectivity index (χ4v) is 6.41. The van der Waals surface area contributed by atoms with E-state index in [1.54, 1.807) is 0 Å². The van der Waals surface area contributed by atoms with Crippen LogP contribution in [0.15, 0.2) is 48.6 Å². The molecule has 0 spiro atoms. The molecule has 0 saturated heterocycles. The molecule has 332 valence electrons. The van der Waals surface area contributed by atoms with Crippen LogP contribution in [0.3, 0.4) is 0 Å². The topological polar surface area (TPSA) is 189 Å². The molecule has 0 radical (unpaired) electrons. The van der Waals surface area contributed by atoms with E-state index in [-0.39, 0.29) is 32.1 Å². The highest BCUT2D eigenvalue weighted by atomic mass is 31.2. The van der Waals surface area contributed by atoms with E-state index in [0.717, 1.165) is 51.4 Å². The number of hydrogen-bond acceptors (Lipinski definition) is 11. The van der Waals surface area contributed by atoms with E-state index < -0.39 is 70.6 Å². The Morgan fingerprint density at radius 2 is 1.07 bits per heavy atom. The van der Waals surface area contributed by atoms with Crippen molar-refractivity contribution in [1.82, 2.24) is 0 Å². The van der Waals surface area contributed by atoms with E-state index in [1.807, 2.05) is 12.2 Å². The second-order valence-electron chi connectivity index (χ2n) is 14.7. The van der Waals surface area contributed by atoms with Gasteiger partial charge in [-0.15, -0.1) is 0 Å². The lowest BCUT2D eigenvalue weighted by molar-refractivity contribution is -0.161. The molecule has 0 rings (SSSR count). The van der Waals surface area contributed by atoms with Gasteiger partial charge in [0.2, 0.25) is 0 Å². The van der Waals surface area contributed by atoms with Gasteiger partial charge in [-0.3, -0.25) is 18.6 Å². The maximum Gasteiger partial charge on any atom is 0.472 e. The van der Waals surface area contributed by atoms with Crippen LogP contribution < -0.4 is 0 Å². The predicted molar refractivity (Wildman–Crippen MR) is 226 cm³/mol. The van der Waals surface area contributed by atoms with Crippen LogP contribution in [0.1, 0.15) is 168 Å². The zero-order chi connectivity index (χ0) is 42.2. The molecule has 57 heavy (non-hydrogen) atoms. The van der Waals surface area contributed by atoms with Gasteiger partial charge in [-0.1, -0.05) is 127 Å². The van der Waals surface area contributed by atoms with Crippen molar-refractivity contribution >= 4 is 19.8 Å². The van der Waals surface area contributed by atoms with Gasteiger partial charge in [0.1, 0.15) is 12.7 Å². The first kappa shape index (κ1) is 54.9. The normalized spacial score (nSPS) is 15.4. The number of ether oxygens (including phenoxy) is 2. The van der Waals surface area contributed by atoms with Crippen molar-refractivity contribution in [3.05, 3.63) is 48.6 Å². The summed E-state index contributed by atoms with van der Waals surface area (Å²) in [6.45, 7) is 2.00. The van der Waals surface area contributed by atoms with E-state index >= 15 is 0 Å². The Labute approximate surface area is 344 Å². The summed E-state index contributed by atoms with van der Waals surface area (Å²) in [5.74, 6) is -1.22. The van der Waals surface area contributed by atoms with Crippen molar-refractivity contribution in [2.45, 2.75) is 192 Å². The van der Waals surface area contributed by atoms with Gasteiger partial charge in [-0.25, -0.2) is 4.57 Å². The summed E-state index contributed by atoms with van der Waals surface area (Å²) >= 11 is 0. The van der Waals surface area contributed by atoms with Gasteiger partial charge in [-0.2, -0.15) is 0 Å². The van der Waals surface area contributed by atoms with Gasteiger partial charge < -0.3 is 34.8 Å². The molecular weight excluding hydrogens is 751 g/mol. The number of hydrogen-bond donors (Lipinski definition) is 5. The molecule has 5 N–H and O–H groups in total. The molecule has 12 nitrogen and oxygen atoms in total. The Bertz CT molecular complexity index is 1120. The molecule has 0 aliphatic heterocycles. The standard InChI is InChI=1S/C44H79O12P/c1-3-5-7-9-11-13-15-17-18-19-21-23-25-27-29-33-44(50)56-40(38-55-57(51,52)54-36-39(46)35-45)37-53-43(49)34-30-32-42(48)41(47)31-28-26-24-22-20-16-14-12-10-8-6-4-2/h12-15,20,22,26,28,39-42,45-48H,3-11,16-19,21,23-25,27,29-38H2,1-2H3,(H,51,52)/b14-12-,15-13-,22-20-,28-26-/t39-,40+,41?,42?/m0/s1. The summed E-state index contributed by atoms with van der Waals surface area (Å²) in [5, 5.41) is 39.0. The minimum Gasteiger partial charge on any atom is -0.462 e. The van der Waals surface area contributed by atoms with Gasteiger partial charge >= 0.3 is 19.8 Å². The van der Waals surface area contributed by atoms with E-state index in [1.165, 1.54) is 64.2 Å². The summed E-state index contributed by atoms with van der Waals surface area (Å²) in [6, 6.07) is 0. The van der Waals surface area contributed by atoms with E-state index in [4.69, 9.17) is 19.1 Å². The molecule has 0 aliphatic carbocycles. The molecule has 0 heterocycles. The summed E-state index contributed by atoms with van der Waals surface area (Å²) in [4.78, 5) is 35.0. The second-order valence-corrected chi connectivity index (χ2v) is 16.1.